The standard InChI is InChI=1S/C10H14O2/c1-2-6-10-8-4-3-7(12-8)9(10)5(1)11-6/h5-10H,1-4H2/t5-,6+,7-,8+,9?,10?. The van der Waals surface area contributed by atoms with E-state index in [0.717, 1.165) is 11.8 Å². The van der Waals surface area contributed by atoms with Crippen molar-refractivity contribution in [3.05, 3.63) is 0 Å². The molecule has 4 aliphatic rings. The van der Waals surface area contributed by atoms with Crippen molar-refractivity contribution in [1.29, 1.82) is 0 Å². The van der Waals surface area contributed by atoms with Gasteiger partial charge in [-0.1, -0.05) is 0 Å². The molecule has 0 aromatic carbocycles. The molecule has 0 radical (unpaired) electrons. The fourth-order valence-corrected chi connectivity index (χ4v) is 3.98. The summed E-state index contributed by atoms with van der Waals surface area (Å²) >= 11 is 0. The molecule has 0 aromatic rings. The van der Waals surface area contributed by atoms with Crippen molar-refractivity contribution < 1.29 is 9.47 Å². The molecule has 12 heavy (non-hydrogen) atoms. The first-order chi connectivity index (χ1) is 5.93. The van der Waals surface area contributed by atoms with Gasteiger partial charge in [-0.15, -0.1) is 0 Å². The first-order valence-corrected chi connectivity index (χ1v) is 5.24. The molecular formula is C10H14O2. The summed E-state index contributed by atoms with van der Waals surface area (Å²) in [7, 11) is 0. The summed E-state index contributed by atoms with van der Waals surface area (Å²) in [5.74, 6) is 1.59. The third-order valence-electron chi connectivity index (χ3n) is 4.33. The Kier molecular flexibility index (Phi) is 0.999. The zero-order valence-corrected chi connectivity index (χ0v) is 7.11. The van der Waals surface area contributed by atoms with E-state index in [1.165, 1.54) is 25.7 Å². The maximum atomic E-state index is 5.94. The van der Waals surface area contributed by atoms with Gasteiger partial charge in [0.2, 0.25) is 0 Å². The normalized spacial score (nSPS) is 66.0. The molecule has 4 saturated heterocycles. The lowest BCUT2D eigenvalue weighted by atomic mass is 9.71. The summed E-state index contributed by atoms with van der Waals surface area (Å²) in [6, 6.07) is 0. The van der Waals surface area contributed by atoms with Crippen LogP contribution in [-0.4, -0.2) is 24.4 Å². The molecule has 4 heterocycles. The van der Waals surface area contributed by atoms with Crippen LogP contribution in [0.15, 0.2) is 0 Å². The summed E-state index contributed by atoms with van der Waals surface area (Å²) < 4.78 is 11.9. The average Bonchev–Trinajstić information content (AvgIpc) is 2.83. The van der Waals surface area contributed by atoms with Gasteiger partial charge < -0.3 is 9.47 Å². The van der Waals surface area contributed by atoms with E-state index in [0.29, 0.717) is 24.4 Å². The Balaban J connectivity index is 1.77. The van der Waals surface area contributed by atoms with Gasteiger partial charge in [0.05, 0.1) is 24.4 Å². The summed E-state index contributed by atoms with van der Waals surface area (Å²) in [5, 5.41) is 0. The minimum absolute atomic E-state index is 0.579. The molecule has 0 spiro atoms. The van der Waals surface area contributed by atoms with Crippen LogP contribution < -0.4 is 0 Å². The van der Waals surface area contributed by atoms with Crippen molar-refractivity contribution in [3.8, 4) is 0 Å². The molecule has 0 N–H and O–H groups in total. The first kappa shape index (κ1) is 6.39. The molecule has 4 fully saturated rings. The second-order valence-corrected chi connectivity index (χ2v) is 4.74. The molecule has 0 amide bonds. The van der Waals surface area contributed by atoms with Gasteiger partial charge >= 0.3 is 0 Å². The minimum Gasteiger partial charge on any atom is -0.374 e. The van der Waals surface area contributed by atoms with Gasteiger partial charge in [-0.3, -0.25) is 0 Å². The summed E-state index contributed by atoms with van der Waals surface area (Å²) in [4.78, 5) is 0. The molecule has 4 rings (SSSR count). The highest BCUT2D eigenvalue weighted by atomic mass is 16.5. The van der Waals surface area contributed by atoms with Crippen molar-refractivity contribution >= 4 is 0 Å². The maximum Gasteiger partial charge on any atom is 0.0637 e. The quantitative estimate of drug-likeness (QED) is 0.540. The second kappa shape index (κ2) is 1.88. The van der Waals surface area contributed by atoms with E-state index in [9.17, 15) is 0 Å². The van der Waals surface area contributed by atoms with Crippen LogP contribution in [0.3, 0.4) is 0 Å². The van der Waals surface area contributed by atoms with E-state index >= 15 is 0 Å². The highest BCUT2D eigenvalue weighted by Crippen LogP contribution is 2.56. The molecule has 0 aromatic heterocycles. The smallest absolute Gasteiger partial charge is 0.0637 e. The Hall–Kier alpha value is -0.0800. The zero-order chi connectivity index (χ0) is 7.71. The number of hydrogen-bond donors (Lipinski definition) is 0. The topological polar surface area (TPSA) is 18.5 Å². The van der Waals surface area contributed by atoms with E-state index in [2.05, 4.69) is 0 Å². The van der Waals surface area contributed by atoms with Gasteiger partial charge in [0, 0.05) is 11.8 Å². The zero-order valence-electron chi connectivity index (χ0n) is 7.11. The van der Waals surface area contributed by atoms with Gasteiger partial charge in [0.25, 0.3) is 0 Å². The van der Waals surface area contributed by atoms with Crippen LogP contribution in [0, 0.1) is 11.8 Å². The average molecular weight is 166 g/mol. The van der Waals surface area contributed by atoms with Crippen LogP contribution in [0.2, 0.25) is 0 Å². The van der Waals surface area contributed by atoms with Crippen molar-refractivity contribution in [3.63, 3.8) is 0 Å². The van der Waals surface area contributed by atoms with Crippen molar-refractivity contribution in [2.45, 2.75) is 50.1 Å². The van der Waals surface area contributed by atoms with Crippen LogP contribution in [0.1, 0.15) is 25.7 Å². The Bertz CT molecular complexity index is 184. The third kappa shape index (κ3) is 0.549. The Labute approximate surface area is 72.2 Å². The van der Waals surface area contributed by atoms with Crippen LogP contribution in [0.25, 0.3) is 0 Å². The first-order valence-electron chi connectivity index (χ1n) is 5.24. The SMILES string of the molecule is C1C[C@H]2O[C@@H]1C1C2[C@H]2CC[C@@H]1O2. The predicted octanol–water partition coefficient (Wildman–Crippen LogP) is 1.34. The van der Waals surface area contributed by atoms with Crippen molar-refractivity contribution in [2.75, 3.05) is 0 Å². The lowest BCUT2D eigenvalue weighted by Crippen LogP contribution is -2.35. The van der Waals surface area contributed by atoms with E-state index in [1.54, 1.807) is 0 Å². The number of rotatable bonds is 0. The lowest BCUT2D eigenvalue weighted by Gasteiger charge is -2.28. The Morgan fingerprint density at radius 1 is 0.583 bits per heavy atom. The van der Waals surface area contributed by atoms with Crippen LogP contribution in [-0.2, 0) is 9.47 Å². The van der Waals surface area contributed by atoms with Gasteiger partial charge in [-0.25, -0.2) is 0 Å². The molecule has 4 bridgehead atoms. The molecule has 0 aliphatic carbocycles. The highest BCUT2D eigenvalue weighted by Gasteiger charge is 2.61. The summed E-state index contributed by atoms with van der Waals surface area (Å²) in [5.41, 5.74) is 0. The van der Waals surface area contributed by atoms with Gasteiger partial charge in [-0.05, 0) is 25.7 Å². The van der Waals surface area contributed by atoms with Gasteiger partial charge in [-0.2, -0.15) is 0 Å². The van der Waals surface area contributed by atoms with Gasteiger partial charge in [0.15, 0.2) is 0 Å². The van der Waals surface area contributed by atoms with Crippen LogP contribution in [0.4, 0.5) is 0 Å². The fourth-order valence-electron chi connectivity index (χ4n) is 3.98. The molecular weight excluding hydrogens is 152 g/mol. The second-order valence-electron chi connectivity index (χ2n) is 4.74. The molecule has 4 aliphatic heterocycles. The monoisotopic (exact) mass is 166 g/mol. The third-order valence-corrected chi connectivity index (χ3v) is 4.33. The van der Waals surface area contributed by atoms with E-state index in [1.807, 2.05) is 0 Å². The molecule has 4 atom stereocenters. The van der Waals surface area contributed by atoms with E-state index < -0.39 is 0 Å². The largest absolute Gasteiger partial charge is 0.374 e. The fraction of sp³-hybridized carbons (Fsp3) is 1.00. The molecule has 66 valence electrons. The van der Waals surface area contributed by atoms with Crippen LogP contribution >= 0.6 is 0 Å². The van der Waals surface area contributed by atoms with E-state index in [-0.39, 0.29) is 0 Å². The summed E-state index contributed by atoms with van der Waals surface area (Å²) in [6.07, 6.45) is 7.53. The predicted molar refractivity (Wildman–Crippen MR) is 42.8 cm³/mol. The molecule has 0 saturated carbocycles. The van der Waals surface area contributed by atoms with Crippen molar-refractivity contribution in [2.24, 2.45) is 11.8 Å². The Morgan fingerprint density at radius 3 is 1.25 bits per heavy atom. The van der Waals surface area contributed by atoms with E-state index in [4.69, 9.17) is 9.47 Å². The Morgan fingerprint density at radius 2 is 0.917 bits per heavy atom. The summed E-state index contributed by atoms with van der Waals surface area (Å²) in [6.45, 7) is 0. The lowest BCUT2D eigenvalue weighted by molar-refractivity contribution is 0.00772. The number of ether oxygens (including phenoxy) is 2. The highest BCUT2D eigenvalue weighted by molar-refractivity contribution is 5.09. The number of fused-ring (bicyclic) bond motifs is 9. The molecule has 2 nitrogen and oxygen atoms in total. The minimum atomic E-state index is 0.579. The molecule has 0 unspecified atom stereocenters. The molecule has 2 heteroatoms. The van der Waals surface area contributed by atoms with Crippen molar-refractivity contribution in [1.82, 2.24) is 0 Å². The van der Waals surface area contributed by atoms with Crippen LogP contribution in [0.5, 0.6) is 0 Å². The maximum absolute atomic E-state index is 5.94. The van der Waals surface area contributed by atoms with Gasteiger partial charge in [0.1, 0.15) is 0 Å². The number of hydrogen-bond acceptors (Lipinski definition) is 2.